The maximum absolute atomic E-state index is 5.14. The molecule has 0 saturated heterocycles. The molecule has 10 heavy (non-hydrogen) atoms. The summed E-state index contributed by atoms with van der Waals surface area (Å²) in [5, 5.41) is 2.12. The van der Waals surface area contributed by atoms with Gasteiger partial charge in [-0.1, -0.05) is 41.0 Å². The molecule has 1 aliphatic heterocycles. The topological polar surface area (TPSA) is 26.0 Å². The van der Waals surface area contributed by atoms with Gasteiger partial charge in [-0.3, -0.25) is 0 Å². The second-order valence-corrected chi connectivity index (χ2v) is 4.21. The molecule has 0 fully saturated rings. The zero-order chi connectivity index (χ0) is 7.66. The van der Waals surface area contributed by atoms with Gasteiger partial charge in [-0.2, -0.15) is 0 Å². The van der Waals surface area contributed by atoms with Crippen molar-refractivity contribution in [3.63, 3.8) is 0 Å². The summed E-state index contributed by atoms with van der Waals surface area (Å²) < 4.78 is 0. The van der Waals surface area contributed by atoms with E-state index in [0.717, 1.165) is 6.54 Å². The van der Waals surface area contributed by atoms with Gasteiger partial charge in [0.25, 0.3) is 0 Å². The quantitative estimate of drug-likeness (QED) is 0.657. The Kier molecular flexibility index (Phi) is 9.78. The van der Waals surface area contributed by atoms with Gasteiger partial charge in [-0.15, -0.1) is 0 Å². The van der Waals surface area contributed by atoms with Crippen molar-refractivity contribution in [1.29, 1.82) is 0 Å². The molecule has 0 aromatic carbocycles. The van der Waals surface area contributed by atoms with Crippen LogP contribution in [0.2, 0.25) is 0 Å². The highest BCUT2D eigenvalue weighted by atomic mass is 33.1. The van der Waals surface area contributed by atoms with E-state index in [2.05, 4.69) is 18.4 Å². The largest absolute Gasteiger partial charge is 0.330 e. The Bertz CT molecular complexity index is 75.7. The van der Waals surface area contributed by atoms with E-state index in [9.17, 15) is 0 Å². The SMILES string of the molecule is C1=CSSC1.CCCCN. The lowest BCUT2D eigenvalue weighted by Gasteiger charge is -1.80. The van der Waals surface area contributed by atoms with Crippen molar-refractivity contribution in [2.24, 2.45) is 5.73 Å². The first-order chi connectivity index (χ1) is 4.91. The van der Waals surface area contributed by atoms with Gasteiger partial charge >= 0.3 is 0 Å². The van der Waals surface area contributed by atoms with E-state index < -0.39 is 0 Å². The van der Waals surface area contributed by atoms with Crippen LogP contribution in [0.3, 0.4) is 0 Å². The molecular formula is C7H15NS2. The molecule has 0 spiro atoms. The maximum atomic E-state index is 5.14. The van der Waals surface area contributed by atoms with Crippen molar-refractivity contribution in [3.8, 4) is 0 Å². The van der Waals surface area contributed by atoms with E-state index in [1.165, 1.54) is 18.6 Å². The predicted octanol–water partition coefficient (Wildman–Crippen LogP) is 2.64. The van der Waals surface area contributed by atoms with Crippen LogP contribution in [0, 0.1) is 0 Å². The lowest BCUT2D eigenvalue weighted by molar-refractivity contribution is 0.807. The smallest absolute Gasteiger partial charge is 0.0229 e. The first kappa shape index (κ1) is 10.4. The van der Waals surface area contributed by atoms with Crippen molar-refractivity contribution in [1.82, 2.24) is 0 Å². The summed E-state index contributed by atoms with van der Waals surface area (Å²) in [5.41, 5.74) is 5.14. The van der Waals surface area contributed by atoms with E-state index in [0.29, 0.717) is 0 Å². The zero-order valence-corrected chi connectivity index (χ0v) is 8.01. The fourth-order valence-electron chi connectivity index (χ4n) is 0.401. The summed E-state index contributed by atoms with van der Waals surface area (Å²) in [6.45, 7) is 2.98. The van der Waals surface area contributed by atoms with Crippen LogP contribution < -0.4 is 5.73 Å². The molecule has 0 saturated carbocycles. The van der Waals surface area contributed by atoms with Crippen molar-refractivity contribution >= 4 is 21.6 Å². The van der Waals surface area contributed by atoms with Crippen molar-refractivity contribution in [2.75, 3.05) is 12.3 Å². The minimum Gasteiger partial charge on any atom is -0.330 e. The molecular weight excluding hydrogens is 162 g/mol. The molecule has 1 aliphatic rings. The number of unbranched alkanes of at least 4 members (excludes halogenated alkanes) is 1. The third-order valence-electron chi connectivity index (χ3n) is 0.942. The molecule has 60 valence electrons. The number of rotatable bonds is 2. The molecule has 1 nitrogen and oxygen atoms in total. The fraction of sp³-hybridized carbons (Fsp3) is 0.714. The van der Waals surface area contributed by atoms with Crippen molar-refractivity contribution < 1.29 is 0 Å². The van der Waals surface area contributed by atoms with Crippen LogP contribution in [-0.2, 0) is 0 Å². The van der Waals surface area contributed by atoms with E-state index >= 15 is 0 Å². The van der Waals surface area contributed by atoms with Gasteiger partial charge in [-0.05, 0) is 18.4 Å². The number of hydrogen-bond acceptors (Lipinski definition) is 3. The van der Waals surface area contributed by atoms with Gasteiger partial charge in [0.1, 0.15) is 0 Å². The molecule has 0 amide bonds. The minimum absolute atomic E-state index is 0.844. The summed E-state index contributed by atoms with van der Waals surface area (Å²) in [5.74, 6) is 1.20. The third-order valence-corrected chi connectivity index (χ3v) is 2.86. The Balaban J connectivity index is 0.000000162. The number of nitrogens with two attached hydrogens (primary N) is 1. The normalized spacial score (nSPS) is 14.6. The van der Waals surface area contributed by atoms with Crippen molar-refractivity contribution in [2.45, 2.75) is 19.8 Å². The van der Waals surface area contributed by atoms with Crippen molar-refractivity contribution in [3.05, 3.63) is 11.5 Å². The maximum Gasteiger partial charge on any atom is 0.0229 e. The van der Waals surface area contributed by atoms with Crippen LogP contribution in [0.25, 0.3) is 0 Å². The summed E-state index contributed by atoms with van der Waals surface area (Å²) in [6, 6.07) is 0. The number of hydrogen-bond donors (Lipinski definition) is 1. The Morgan fingerprint density at radius 2 is 2.40 bits per heavy atom. The van der Waals surface area contributed by atoms with Gasteiger partial charge in [0.2, 0.25) is 0 Å². The van der Waals surface area contributed by atoms with Crippen LogP contribution in [0.15, 0.2) is 11.5 Å². The molecule has 0 radical (unpaired) electrons. The Morgan fingerprint density at radius 3 is 2.50 bits per heavy atom. The molecule has 3 heteroatoms. The molecule has 0 unspecified atom stereocenters. The summed E-state index contributed by atoms with van der Waals surface area (Å²) >= 11 is 0. The molecule has 0 atom stereocenters. The molecule has 0 aliphatic carbocycles. The van der Waals surface area contributed by atoms with Crippen LogP contribution in [0.4, 0.5) is 0 Å². The lowest BCUT2D eigenvalue weighted by atomic mass is 10.3. The van der Waals surface area contributed by atoms with E-state index in [1.54, 1.807) is 0 Å². The van der Waals surface area contributed by atoms with Gasteiger partial charge in [0.15, 0.2) is 0 Å². The second kappa shape index (κ2) is 9.40. The summed E-state index contributed by atoms with van der Waals surface area (Å²) in [4.78, 5) is 0. The Hall–Kier alpha value is 0.400. The van der Waals surface area contributed by atoms with E-state index in [-0.39, 0.29) is 0 Å². The molecule has 1 heterocycles. The molecule has 0 aromatic rings. The highest BCUT2D eigenvalue weighted by Crippen LogP contribution is 2.27. The first-order valence-electron chi connectivity index (χ1n) is 3.55. The van der Waals surface area contributed by atoms with E-state index in [4.69, 9.17) is 5.73 Å². The summed E-state index contributed by atoms with van der Waals surface area (Å²) in [6.07, 6.45) is 4.55. The zero-order valence-electron chi connectivity index (χ0n) is 6.38. The standard InChI is InChI=1S/C4H11N.C3H4S2/c1-2-3-4-5;1-2-4-5-3-1/h2-5H2,1H3;1-2H,3H2. The lowest BCUT2D eigenvalue weighted by Crippen LogP contribution is -1.95. The van der Waals surface area contributed by atoms with Crippen LogP contribution in [0.1, 0.15) is 19.8 Å². The second-order valence-electron chi connectivity index (χ2n) is 1.89. The van der Waals surface area contributed by atoms with Crippen LogP contribution in [-0.4, -0.2) is 12.3 Å². The van der Waals surface area contributed by atoms with E-state index in [1.807, 2.05) is 21.6 Å². The minimum atomic E-state index is 0.844. The highest BCUT2D eigenvalue weighted by Gasteiger charge is 1.85. The average molecular weight is 177 g/mol. The average Bonchev–Trinajstić information content (AvgIpc) is 2.44. The van der Waals surface area contributed by atoms with Gasteiger partial charge in [0.05, 0.1) is 0 Å². The van der Waals surface area contributed by atoms with Gasteiger partial charge in [0, 0.05) is 5.75 Å². The third kappa shape index (κ3) is 8.40. The molecule has 0 bridgehead atoms. The predicted molar refractivity (Wildman–Crippen MR) is 53.2 cm³/mol. The van der Waals surface area contributed by atoms with Crippen LogP contribution >= 0.6 is 21.6 Å². The van der Waals surface area contributed by atoms with Crippen LogP contribution in [0.5, 0.6) is 0 Å². The molecule has 2 N–H and O–H groups in total. The Morgan fingerprint density at radius 1 is 1.60 bits per heavy atom. The highest BCUT2D eigenvalue weighted by molar-refractivity contribution is 8.78. The van der Waals surface area contributed by atoms with Gasteiger partial charge in [-0.25, -0.2) is 0 Å². The Labute approximate surface area is 71.2 Å². The first-order valence-corrected chi connectivity index (χ1v) is 5.93. The molecule has 1 rings (SSSR count). The van der Waals surface area contributed by atoms with Gasteiger partial charge < -0.3 is 5.73 Å². The monoisotopic (exact) mass is 177 g/mol. The molecule has 0 aromatic heterocycles. The fourth-order valence-corrected chi connectivity index (χ4v) is 1.97. The summed E-state index contributed by atoms with van der Waals surface area (Å²) in [7, 11) is 3.69.